The first-order valence-corrected chi connectivity index (χ1v) is 6.74. The highest BCUT2D eigenvalue weighted by atomic mass is 32.1. The Morgan fingerprint density at radius 2 is 1.95 bits per heavy atom. The van der Waals surface area contributed by atoms with Gasteiger partial charge >= 0.3 is 5.97 Å². The number of hydrogen-bond acceptors (Lipinski definition) is 4. The molecule has 0 aromatic heterocycles. The summed E-state index contributed by atoms with van der Waals surface area (Å²) in [6.07, 6.45) is 0. The van der Waals surface area contributed by atoms with E-state index < -0.39 is 5.97 Å². The SMILES string of the molecule is CCOC(=O)c1ccccc1NC(=S)NC(=O)C(C)C. The maximum absolute atomic E-state index is 11.8. The van der Waals surface area contributed by atoms with E-state index in [0.29, 0.717) is 17.9 Å². The molecule has 0 atom stereocenters. The monoisotopic (exact) mass is 294 g/mol. The molecule has 1 amide bonds. The Bertz CT molecular complexity index is 515. The summed E-state index contributed by atoms with van der Waals surface area (Å²) in [5.74, 6) is -0.792. The van der Waals surface area contributed by atoms with Gasteiger partial charge in [-0.1, -0.05) is 26.0 Å². The molecule has 108 valence electrons. The molecule has 0 aliphatic rings. The topological polar surface area (TPSA) is 67.4 Å². The lowest BCUT2D eigenvalue weighted by Crippen LogP contribution is -2.37. The molecule has 0 unspecified atom stereocenters. The summed E-state index contributed by atoms with van der Waals surface area (Å²) in [6, 6.07) is 6.82. The van der Waals surface area contributed by atoms with Gasteiger partial charge in [0.1, 0.15) is 0 Å². The second kappa shape index (κ2) is 7.59. The lowest BCUT2D eigenvalue weighted by atomic mass is 10.2. The van der Waals surface area contributed by atoms with Crippen LogP contribution in [0.25, 0.3) is 0 Å². The molecule has 0 aliphatic carbocycles. The van der Waals surface area contributed by atoms with Crippen molar-refractivity contribution >= 4 is 34.9 Å². The second-order valence-corrected chi connectivity index (χ2v) is 4.77. The van der Waals surface area contributed by atoms with Gasteiger partial charge in [0.05, 0.1) is 17.9 Å². The largest absolute Gasteiger partial charge is 0.462 e. The number of hydrogen-bond donors (Lipinski definition) is 2. The number of ether oxygens (including phenoxy) is 1. The Balaban J connectivity index is 2.80. The van der Waals surface area contributed by atoms with Gasteiger partial charge in [0, 0.05) is 5.92 Å². The quantitative estimate of drug-likeness (QED) is 0.659. The number of nitrogens with one attached hydrogen (secondary N) is 2. The molecular weight excluding hydrogens is 276 g/mol. The van der Waals surface area contributed by atoms with Crippen molar-refractivity contribution in [3.63, 3.8) is 0 Å². The third-order valence-corrected chi connectivity index (χ3v) is 2.64. The first-order valence-electron chi connectivity index (χ1n) is 6.33. The molecule has 1 aromatic carbocycles. The van der Waals surface area contributed by atoms with E-state index in [0.717, 1.165) is 0 Å². The van der Waals surface area contributed by atoms with Gasteiger partial charge in [0.2, 0.25) is 5.91 Å². The zero-order valence-electron chi connectivity index (χ0n) is 11.7. The molecule has 0 aliphatic heterocycles. The summed E-state index contributed by atoms with van der Waals surface area (Å²) < 4.78 is 4.96. The van der Waals surface area contributed by atoms with Gasteiger partial charge in [-0.2, -0.15) is 0 Å². The molecular formula is C14H18N2O3S. The van der Waals surface area contributed by atoms with Crippen molar-refractivity contribution in [1.82, 2.24) is 5.32 Å². The number of thiocarbonyl (C=S) groups is 1. The van der Waals surface area contributed by atoms with Crippen LogP contribution < -0.4 is 10.6 Å². The van der Waals surface area contributed by atoms with Crippen LogP contribution in [0.3, 0.4) is 0 Å². The first-order chi connectivity index (χ1) is 9.45. The van der Waals surface area contributed by atoms with Gasteiger partial charge in [-0.05, 0) is 31.3 Å². The van der Waals surface area contributed by atoms with E-state index in [1.807, 2.05) is 0 Å². The van der Waals surface area contributed by atoms with Crippen molar-refractivity contribution in [2.45, 2.75) is 20.8 Å². The molecule has 0 heterocycles. The van der Waals surface area contributed by atoms with Crippen LogP contribution in [0.15, 0.2) is 24.3 Å². The molecule has 0 bridgehead atoms. The fourth-order valence-corrected chi connectivity index (χ4v) is 1.60. The van der Waals surface area contributed by atoms with Gasteiger partial charge in [-0.15, -0.1) is 0 Å². The van der Waals surface area contributed by atoms with E-state index in [9.17, 15) is 9.59 Å². The average Bonchev–Trinajstić information content (AvgIpc) is 2.39. The van der Waals surface area contributed by atoms with Crippen LogP contribution in [0.2, 0.25) is 0 Å². The van der Waals surface area contributed by atoms with E-state index in [-0.39, 0.29) is 16.9 Å². The number of amides is 1. The summed E-state index contributed by atoms with van der Waals surface area (Å²) in [6.45, 7) is 5.57. The van der Waals surface area contributed by atoms with Crippen LogP contribution in [-0.2, 0) is 9.53 Å². The molecule has 0 spiro atoms. The van der Waals surface area contributed by atoms with E-state index in [1.54, 1.807) is 45.0 Å². The zero-order chi connectivity index (χ0) is 15.1. The number of para-hydroxylation sites is 1. The number of anilines is 1. The molecule has 6 heteroatoms. The van der Waals surface area contributed by atoms with Crippen LogP contribution in [-0.4, -0.2) is 23.6 Å². The highest BCUT2D eigenvalue weighted by molar-refractivity contribution is 7.80. The Kier molecular flexibility index (Phi) is 6.11. The lowest BCUT2D eigenvalue weighted by Gasteiger charge is -2.13. The Labute approximate surface area is 123 Å². The fraction of sp³-hybridized carbons (Fsp3) is 0.357. The van der Waals surface area contributed by atoms with Crippen LogP contribution in [0.4, 0.5) is 5.69 Å². The van der Waals surface area contributed by atoms with Crippen molar-refractivity contribution in [2.75, 3.05) is 11.9 Å². The standard InChI is InChI=1S/C14H18N2O3S/c1-4-19-13(18)10-7-5-6-8-11(10)15-14(20)16-12(17)9(2)3/h5-9H,4H2,1-3H3,(H2,15,16,17,20). The molecule has 0 fully saturated rings. The highest BCUT2D eigenvalue weighted by Crippen LogP contribution is 2.16. The maximum Gasteiger partial charge on any atom is 0.340 e. The smallest absolute Gasteiger partial charge is 0.340 e. The van der Waals surface area contributed by atoms with Gasteiger partial charge in [-0.25, -0.2) is 4.79 Å². The molecule has 1 aromatic rings. The Morgan fingerprint density at radius 3 is 2.55 bits per heavy atom. The zero-order valence-corrected chi connectivity index (χ0v) is 12.5. The third kappa shape index (κ3) is 4.62. The van der Waals surface area contributed by atoms with Crippen molar-refractivity contribution in [1.29, 1.82) is 0 Å². The predicted molar refractivity (Wildman–Crippen MR) is 81.6 cm³/mol. The summed E-state index contributed by atoms with van der Waals surface area (Å²) >= 11 is 5.05. The number of esters is 1. The third-order valence-electron chi connectivity index (χ3n) is 2.43. The minimum Gasteiger partial charge on any atom is -0.462 e. The van der Waals surface area contributed by atoms with E-state index in [2.05, 4.69) is 10.6 Å². The van der Waals surface area contributed by atoms with Crippen molar-refractivity contribution in [3.05, 3.63) is 29.8 Å². The minimum absolute atomic E-state index is 0.153. The Hall–Kier alpha value is -1.95. The number of benzene rings is 1. The maximum atomic E-state index is 11.8. The van der Waals surface area contributed by atoms with Gasteiger partial charge in [0.25, 0.3) is 0 Å². The number of carbonyl (C=O) groups excluding carboxylic acids is 2. The molecule has 1 rings (SSSR count). The molecule has 0 radical (unpaired) electrons. The normalized spacial score (nSPS) is 10.0. The molecule has 0 saturated carbocycles. The van der Waals surface area contributed by atoms with Gasteiger partial charge < -0.3 is 15.4 Å². The summed E-state index contributed by atoms with van der Waals surface area (Å²) in [5, 5.41) is 5.54. The van der Waals surface area contributed by atoms with Crippen molar-refractivity contribution in [3.8, 4) is 0 Å². The summed E-state index contributed by atoms with van der Waals surface area (Å²) in [7, 11) is 0. The van der Waals surface area contributed by atoms with Crippen molar-refractivity contribution in [2.24, 2.45) is 5.92 Å². The average molecular weight is 294 g/mol. The number of carbonyl (C=O) groups is 2. The molecule has 0 saturated heterocycles. The van der Waals surface area contributed by atoms with E-state index in [1.165, 1.54) is 0 Å². The molecule has 2 N–H and O–H groups in total. The van der Waals surface area contributed by atoms with Gasteiger partial charge in [0.15, 0.2) is 5.11 Å². The van der Waals surface area contributed by atoms with Gasteiger partial charge in [-0.3, -0.25) is 4.79 Å². The fourth-order valence-electron chi connectivity index (χ4n) is 1.39. The molecule has 5 nitrogen and oxygen atoms in total. The first kappa shape index (κ1) is 16.1. The lowest BCUT2D eigenvalue weighted by molar-refractivity contribution is -0.122. The summed E-state index contributed by atoms with van der Waals surface area (Å²) in [4.78, 5) is 23.3. The number of rotatable bonds is 4. The predicted octanol–water partition coefficient (Wildman–Crippen LogP) is 2.33. The van der Waals surface area contributed by atoms with Crippen LogP contribution in [0, 0.1) is 5.92 Å². The van der Waals surface area contributed by atoms with E-state index in [4.69, 9.17) is 17.0 Å². The molecule has 20 heavy (non-hydrogen) atoms. The van der Waals surface area contributed by atoms with Crippen molar-refractivity contribution < 1.29 is 14.3 Å². The second-order valence-electron chi connectivity index (χ2n) is 4.36. The van der Waals surface area contributed by atoms with Crippen LogP contribution >= 0.6 is 12.2 Å². The van der Waals surface area contributed by atoms with Crippen LogP contribution in [0.5, 0.6) is 0 Å². The summed E-state index contributed by atoms with van der Waals surface area (Å²) in [5.41, 5.74) is 0.871. The van der Waals surface area contributed by atoms with Crippen LogP contribution in [0.1, 0.15) is 31.1 Å². The van der Waals surface area contributed by atoms with E-state index >= 15 is 0 Å². The minimum atomic E-state index is -0.436. The highest BCUT2D eigenvalue weighted by Gasteiger charge is 2.14. The Morgan fingerprint density at radius 1 is 1.30 bits per heavy atom.